The van der Waals surface area contributed by atoms with Crippen molar-refractivity contribution >= 4 is 44.2 Å². The Hall–Kier alpha value is -7.66. The minimum atomic E-state index is -0.244. The molecule has 0 spiro atoms. The fourth-order valence-corrected chi connectivity index (χ4v) is 10.2. The van der Waals surface area contributed by atoms with E-state index in [1.54, 1.807) is 0 Å². The van der Waals surface area contributed by atoms with Gasteiger partial charge in [-0.25, -0.2) is 4.98 Å². The average molecular weight is 827 g/mol. The van der Waals surface area contributed by atoms with E-state index in [4.69, 9.17) is 16.6 Å². The predicted molar refractivity (Wildman–Crippen MR) is 261 cm³/mol. The van der Waals surface area contributed by atoms with Crippen LogP contribution in [-0.2, 0) is 11.8 Å². The van der Waals surface area contributed by atoms with Gasteiger partial charge in [-0.3, -0.25) is 0 Å². The number of hydrogen-bond donors (Lipinski definition) is 1. The van der Waals surface area contributed by atoms with Crippen molar-refractivity contribution in [1.82, 2.24) is 19.9 Å². The van der Waals surface area contributed by atoms with Crippen LogP contribution in [0.3, 0.4) is 0 Å². The van der Waals surface area contributed by atoms with E-state index >= 15 is 0 Å². The third kappa shape index (κ3) is 6.33. The van der Waals surface area contributed by atoms with Crippen molar-refractivity contribution in [2.75, 3.05) is 0 Å². The molecule has 5 heteroatoms. The quantitative estimate of drug-likeness (QED) is 0.174. The molecule has 0 bridgehead atoms. The van der Waals surface area contributed by atoms with Gasteiger partial charge in [0, 0.05) is 38.4 Å². The van der Waals surface area contributed by atoms with Crippen LogP contribution in [0.25, 0.3) is 99.9 Å². The van der Waals surface area contributed by atoms with Crippen molar-refractivity contribution < 1.29 is 0 Å². The summed E-state index contributed by atoms with van der Waals surface area (Å²) in [6, 6.07) is 71.8. The summed E-state index contributed by atoms with van der Waals surface area (Å²) >= 11 is 6.50. The lowest BCUT2D eigenvalue weighted by Crippen LogP contribution is -2.24. The number of aromatic amines is 1. The van der Waals surface area contributed by atoms with Crippen molar-refractivity contribution in [2.45, 2.75) is 18.8 Å². The molecule has 2 heterocycles. The van der Waals surface area contributed by atoms with Gasteiger partial charge in [0.2, 0.25) is 5.28 Å². The summed E-state index contributed by atoms with van der Waals surface area (Å²) in [5.74, 6) is 1.08. The van der Waals surface area contributed by atoms with Crippen LogP contribution in [-0.4, -0.2) is 19.9 Å². The standard InChI is InChI=1S/C58H39ClN4/c1-58(50-20-8-7-17-47(50)48-31-29-44(34-51(48)58)46-18-10-19-49-53-45-16-6-5-14-40(45)30-32-52(53)60-54(46)49)35-36-11-9-15-43(33-36)39-23-27-42(28-24-39)56-61-55(62-57(59)63-56)41-25-21-38(22-26-41)37-12-3-2-4-13-37/h2-34,60H,35H2,1H3. The van der Waals surface area contributed by atoms with Crippen LogP contribution in [0, 0.1) is 0 Å². The van der Waals surface area contributed by atoms with Gasteiger partial charge in [-0.15, -0.1) is 0 Å². The van der Waals surface area contributed by atoms with Crippen LogP contribution in [0.15, 0.2) is 200 Å². The molecule has 1 aliphatic rings. The lowest BCUT2D eigenvalue weighted by molar-refractivity contribution is 0.583. The highest BCUT2D eigenvalue weighted by atomic mass is 35.5. The third-order valence-electron chi connectivity index (χ3n) is 13.1. The molecule has 0 radical (unpaired) electrons. The normalized spacial score (nSPS) is 14.3. The zero-order chi connectivity index (χ0) is 42.1. The van der Waals surface area contributed by atoms with Crippen LogP contribution in [0.1, 0.15) is 23.6 Å². The molecule has 1 N–H and O–H groups in total. The molecule has 4 nitrogen and oxygen atoms in total. The summed E-state index contributed by atoms with van der Waals surface area (Å²) < 4.78 is 0. The van der Waals surface area contributed by atoms with E-state index < -0.39 is 0 Å². The SMILES string of the molecule is CC1(Cc2cccc(-c3ccc(-c4nc(Cl)nc(-c5ccc(-c6ccccc6)cc5)n4)cc3)c2)c2ccccc2-c2ccc(-c3cccc4c3[nH]c3ccc5ccccc5c34)cc21. The van der Waals surface area contributed by atoms with E-state index in [9.17, 15) is 0 Å². The van der Waals surface area contributed by atoms with Gasteiger partial charge in [-0.2, -0.15) is 9.97 Å². The highest BCUT2D eigenvalue weighted by molar-refractivity contribution is 6.28. The van der Waals surface area contributed by atoms with Gasteiger partial charge in [-0.05, 0) is 96.6 Å². The summed E-state index contributed by atoms with van der Waals surface area (Å²) in [6.07, 6.45) is 0.855. The molecule has 12 rings (SSSR count). The van der Waals surface area contributed by atoms with Crippen molar-refractivity contribution in [1.29, 1.82) is 0 Å². The molecule has 63 heavy (non-hydrogen) atoms. The zero-order valence-electron chi connectivity index (χ0n) is 34.5. The Morgan fingerprint density at radius 2 is 1.03 bits per heavy atom. The molecular formula is C58H39ClN4. The van der Waals surface area contributed by atoms with Crippen molar-refractivity contribution in [3.63, 3.8) is 0 Å². The average Bonchev–Trinajstić information content (AvgIpc) is 3.84. The number of fused-ring (bicyclic) bond motifs is 8. The second-order valence-corrected chi connectivity index (χ2v) is 17.2. The number of hydrogen-bond acceptors (Lipinski definition) is 3. The van der Waals surface area contributed by atoms with Gasteiger partial charge >= 0.3 is 0 Å². The Labute approximate surface area is 370 Å². The Balaban J connectivity index is 0.858. The van der Waals surface area contributed by atoms with Crippen LogP contribution >= 0.6 is 11.6 Å². The molecule has 2 aromatic heterocycles. The van der Waals surface area contributed by atoms with Crippen molar-refractivity contribution in [2.24, 2.45) is 0 Å². The number of benzene rings is 9. The van der Waals surface area contributed by atoms with Gasteiger partial charge in [-0.1, -0.05) is 195 Å². The summed E-state index contributed by atoms with van der Waals surface area (Å²) in [4.78, 5) is 17.7. The minimum absolute atomic E-state index is 0.165. The van der Waals surface area contributed by atoms with Crippen LogP contribution in [0.2, 0.25) is 5.28 Å². The smallest absolute Gasteiger partial charge is 0.226 e. The van der Waals surface area contributed by atoms with E-state index in [2.05, 4.69) is 192 Å². The molecule has 9 aromatic carbocycles. The number of nitrogens with one attached hydrogen (secondary N) is 1. The first-order valence-corrected chi connectivity index (χ1v) is 21.8. The maximum absolute atomic E-state index is 6.50. The first-order valence-electron chi connectivity index (χ1n) is 21.4. The number of halogens is 1. The first-order chi connectivity index (χ1) is 31.0. The molecule has 0 amide bonds. The number of para-hydroxylation sites is 1. The zero-order valence-corrected chi connectivity index (χ0v) is 35.2. The number of H-pyrrole nitrogens is 1. The maximum atomic E-state index is 6.50. The Kier molecular flexibility index (Phi) is 8.70. The lowest BCUT2D eigenvalue weighted by Gasteiger charge is -2.28. The molecule has 0 saturated heterocycles. The molecule has 298 valence electrons. The van der Waals surface area contributed by atoms with Crippen molar-refractivity contribution in [3.05, 3.63) is 222 Å². The molecule has 1 atom stereocenters. The van der Waals surface area contributed by atoms with E-state index in [0.29, 0.717) is 11.6 Å². The molecule has 1 unspecified atom stereocenters. The Bertz CT molecular complexity index is 3560. The Morgan fingerprint density at radius 1 is 0.444 bits per heavy atom. The summed E-state index contributed by atoms with van der Waals surface area (Å²) in [5, 5.41) is 5.23. The molecule has 1 aliphatic carbocycles. The number of nitrogens with zero attached hydrogens (tertiary/aromatic N) is 3. The van der Waals surface area contributed by atoms with Gasteiger partial charge in [0.1, 0.15) is 0 Å². The molecule has 0 saturated carbocycles. The van der Waals surface area contributed by atoms with Gasteiger partial charge in [0.15, 0.2) is 11.6 Å². The summed E-state index contributed by atoms with van der Waals surface area (Å²) in [5.41, 5.74) is 17.5. The van der Waals surface area contributed by atoms with Crippen LogP contribution < -0.4 is 0 Å². The summed E-state index contributed by atoms with van der Waals surface area (Å²) in [6.45, 7) is 2.42. The second kappa shape index (κ2) is 14.8. The van der Waals surface area contributed by atoms with Crippen LogP contribution in [0.5, 0.6) is 0 Å². The van der Waals surface area contributed by atoms with E-state index in [-0.39, 0.29) is 10.7 Å². The molecular weight excluding hydrogens is 788 g/mol. The van der Waals surface area contributed by atoms with Gasteiger partial charge < -0.3 is 4.98 Å². The topological polar surface area (TPSA) is 54.5 Å². The fraction of sp³-hybridized carbons (Fsp3) is 0.0517. The largest absolute Gasteiger partial charge is 0.354 e. The van der Waals surface area contributed by atoms with Crippen LogP contribution in [0.4, 0.5) is 0 Å². The highest BCUT2D eigenvalue weighted by Crippen LogP contribution is 2.52. The Morgan fingerprint density at radius 3 is 1.83 bits per heavy atom. The predicted octanol–water partition coefficient (Wildman–Crippen LogP) is 15.2. The fourth-order valence-electron chi connectivity index (χ4n) is 10.0. The monoisotopic (exact) mass is 826 g/mol. The van der Waals surface area contributed by atoms with E-state index in [0.717, 1.165) is 45.3 Å². The molecule has 0 fully saturated rings. The molecule has 0 aliphatic heterocycles. The number of aromatic nitrogens is 4. The first kappa shape index (κ1) is 37.1. The second-order valence-electron chi connectivity index (χ2n) is 16.8. The summed E-state index contributed by atoms with van der Waals surface area (Å²) in [7, 11) is 0. The van der Waals surface area contributed by atoms with Crippen molar-refractivity contribution in [3.8, 4) is 67.3 Å². The highest BCUT2D eigenvalue weighted by Gasteiger charge is 2.39. The maximum Gasteiger partial charge on any atom is 0.226 e. The lowest BCUT2D eigenvalue weighted by atomic mass is 9.74. The minimum Gasteiger partial charge on any atom is -0.354 e. The van der Waals surface area contributed by atoms with Gasteiger partial charge in [0.05, 0.1) is 5.52 Å². The molecule has 11 aromatic rings. The van der Waals surface area contributed by atoms with E-state index in [1.807, 2.05) is 30.3 Å². The van der Waals surface area contributed by atoms with Gasteiger partial charge in [0.25, 0.3) is 0 Å². The third-order valence-corrected chi connectivity index (χ3v) is 13.2. The number of rotatable bonds is 7. The van der Waals surface area contributed by atoms with E-state index in [1.165, 1.54) is 66.0 Å².